The lowest BCUT2D eigenvalue weighted by atomic mass is 10.1. The fraction of sp³-hybridized carbons (Fsp3) is 0.303. The maximum absolute atomic E-state index is 11.0. The smallest absolute Gasteiger partial charge is 0.245 e. The molecule has 0 radical (unpaired) electrons. The topological polar surface area (TPSA) is 143 Å². The summed E-state index contributed by atoms with van der Waals surface area (Å²) in [5, 5.41) is 4.75. The number of nitrogen functional groups attached to an aromatic ring is 1. The van der Waals surface area contributed by atoms with Crippen LogP contribution in [0.2, 0.25) is 0 Å². The Balaban J connectivity index is 0.000000242. The Kier molecular flexibility index (Phi) is 7.31. The summed E-state index contributed by atoms with van der Waals surface area (Å²) in [6, 6.07) is 16.3. The van der Waals surface area contributed by atoms with Crippen molar-refractivity contribution in [2.75, 3.05) is 25.4 Å². The molecule has 224 valence electrons. The van der Waals surface area contributed by atoms with Crippen molar-refractivity contribution in [1.29, 1.82) is 0 Å². The first-order valence-electron chi connectivity index (χ1n) is 15.1. The fourth-order valence-corrected chi connectivity index (χ4v) is 5.71. The third-order valence-corrected chi connectivity index (χ3v) is 8.37. The number of carbonyl (C=O) groups excluding carboxylic acids is 1. The number of carbonyl (C=O) groups is 1. The molecule has 11 nitrogen and oxygen atoms in total. The number of anilines is 1. The molecule has 4 N–H and O–H groups in total. The van der Waals surface area contributed by atoms with Crippen LogP contribution in [0.1, 0.15) is 42.9 Å². The summed E-state index contributed by atoms with van der Waals surface area (Å²) in [5.41, 5.74) is 17.4. The Morgan fingerprint density at radius 3 is 2.66 bits per heavy atom. The molecule has 0 atom stereocenters. The third-order valence-electron chi connectivity index (χ3n) is 8.37. The van der Waals surface area contributed by atoms with Crippen LogP contribution >= 0.6 is 0 Å². The number of rotatable bonds is 5. The summed E-state index contributed by atoms with van der Waals surface area (Å²) in [4.78, 5) is 27.0. The molecule has 44 heavy (non-hydrogen) atoms. The molecule has 3 aliphatic rings. The number of aromatic nitrogens is 6. The maximum Gasteiger partial charge on any atom is 0.245 e. The van der Waals surface area contributed by atoms with Gasteiger partial charge in [-0.05, 0) is 73.7 Å². The highest BCUT2D eigenvalue weighted by Gasteiger charge is 2.26. The second-order valence-electron chi connectivity index (χ2n) is 11.4. The summed E-state index contributed by atoms with van der Waals surface area (Å²) in [7, 11) is 0. The number of piperidine rings is 1. The molecule has 5 aromatic rings. The Morgan fingerprint density at radius 2 is 1.89 bits per heavy atom. The number of benzene rings is 1. The molecule has 1 saturated carbocycles. The maximum atomic E-state index is 11.0. The normalized spacial score (nSPS) is 16.2. The molecule has 1 aliphatic carbocycles. The lowest BCUT2D eigenvalue weighted by Crippen LogP contribution is -2.42. The van der Waals surface area contributed by atoms with E-state index in [-0.39, 0.29) is 11.9 Å². The molecule has 11 heteroatoms. The van der Waals surface area contributed by atoms with Gasteiger partial charge in [0.2, 0.25) is 5.91 Å². The average Bonchev–Trinajstić information content (AvgIpc) is 3.43. The Morgan fingerprint density at radius 1 is 1.05 bits per heavy atom. The SMILES string of the molecule is C=CC(=O)N1CCC(N)CC1.Nc1ncccc1-c1nc2ccc(-n3ccc(C4CC4)n3)nc2n1-c1ccc2c(c1)OCC2. The molecule has 0 spiro atoms. The molecule has 0 unspecified atom stereocenters. The van der Waals surface area contributed by atoms with Crippen molar-refractivity contribution in [3.8, 4) is 28.6 Å². The molecule has 6 heterocycles. The van der Waals surface area contributed by atoms with Gasteiger partial charge in [0, 0.05) is 49.9 Å². The van der Waals surface area contributed by atoms with E-state index in [2.05, 4.69) is 29.8 Å². The van der Waals surface area contributed by atoms with Gasteiger partial charge in [0.25, 0.3) is 0 Å². The number of hydrogen-bond acceptors (Lipinski definition) is 8. The van der Waals surface area contributed by atoms with Crippen molar-refractivity contribution < 1.29 is 9.53 Å². The number of fused-ring (bicyclic) bond motifs is 2. The van der Waals surface area contributed by atoms with Gasteiger partial charge in [-0.25, -0.2) is 19.6 Å². The third kappa shape index (κ3) is 5.42. The number of imidazole rings is 1. The molecule has 1 aromatic carbocycles. The van der Waals surface area contributed by atoms with E-state index in [1.807, 2.05) is 45.8 Å². The van der Waals surface area contributed by atoms with Gasteiger partial charge < -0.3 is 21.1 Å². The minimum atomic E-state index is 0.0249. The lowest BCUT2D eigenvalue weighted by molar-refractivity contribution is -0.126. The molecule has 8 rings (SSSR count). The van der Waals surface area contributed by atoms with Gasteiger partial charge >= 0.3 is 0 Å². The minimum Gasteiger partial charge on any atom is -0.493 e. The van der Waals surface area contributed by atoms with Gasteiger partial charge in [-0.3, -0.25) is 9.36 Å². The van der Waals surface area contributed by atoms with Crippen LogP contribution in [-0.4, -0.2) is 65.8 Å². The van der Waals surface area contributed by atoms with Gasteiger partial charge in [-0.15, -0.1) is 0 Å². The van der Waals surface area contributed by atoms with Crippen molar-refractivity contribution in [3.63, 3.8) is 0 Å². The summed E-state index contributed by atoms with van der Waals surface area (Å²) >= 11 is 0. The predicted molar refractivity (Wildman–Crippen MR) is 169 cm³/mol. The number of pyridine rings is 2. The van der Waals surface area contributed by atoms with Gasteiger partial charge in [0.1, 0.15) is 17.1 Å². The number of ether oxygens (including phenoxy) is 1. The molecular formula is C33H35N9O2. The van der Waals surface area contributed by atoms with Crippen LogP contribution in [0.25, 0.3) is 34.1 Å². The number of likely N-dealkylation sites (tertiary alicyclic amines) is 1. The molecule has 2 fully saturated rings. The van der Waals surface area contributed by atoms with E-state index in [4.69, 9.17) is 31.3 Å². The summed E-state index contributed by atoms with van der Waals surface area (Å²) < 4.78 is 9.71. The van der Waals surface area contributed by atoms with E-state index in [9.17, 15) is 4.79 Å². The molecule has 2 aliphatic heterocycles. The second kappa shape index (κ2) is 11.6. The molecule has 1 amide bonds. The van der Waals surface area contributed by atoms with Crippen LogP contribution in [0, 0.1) is 0 Å². The van der Waals surface area contributed by atoms with Crippen LogP contribution in [0.4, 0.5) is 5.82 Å². The lowest BCUT2D eigenvalue weighted by Gasteiger charge is -2.29. The Labute approximate surface area is 255 Å². The van der Waals surface area contributed by atoms with Crippen LogP contribution in [0.5, 0.6) is 5.75 Å². The molecule has 4 aromatic heterocycles. The van der Waals surface area contributed by atoms with Crippen molar-refractivity contribution in [2.45, 2.75) is 44.1 Å². The van der Waals surface area contributed by atoms with E-state index in [1.54, 1.807) is 11.1 Å². The van der Waals surface area contributed by atoms with Gasteiger partial charge in [-0.1, -0.05) is 12.6 Å². The number of nitrogens with two attached hydrogens (primary N) is 2. The van der Waals surface area contributed by atoms with Crippen molar-refractivity contribution in [1.82, 2.24) is 34.2 Å². The summed E-state index contributed by atoms with van der Waals surface area (Å²) in [5.74, 6) is 3.38. The van der Waals surface area contributed by atoms with E-state index >= 15 is 0 Å². The Bertz CT molecular complexity index is 1850. The monoisotopic (exact) mass is 589 g/mol. The summed E-state index contributed by atoms with van der Waals surface area (Å²) in [6.45, 7) is 5.71. The average molecular weight is 590 g/mol. The zero-order valence-corrected chi connectivity index (χ0v) is 24.5. The minimum absolute atomic E-state index is 0.0249. The van der Waals surface area contributed by atoms with Gasteiger partial charge in [-0.2, -0.15) is 5.10 Å². The van der Waals surface area contributed by atoms with E-state index < -0.39 is 0 Å². The van der Waals surface area contributed by atoms with Gasteiger partial charge in [0.15, 0.2) is 17.3 Å². The zero-order chi connectivity index (χ0) is 30.2. The van der Waals surface area contributed by atoms with Crippen molar-refractivity contribution >= 4 is 22.9 Å². The van der Waals surface area contributed by atoms with E-state index in [0.29, 0.717) is 24.2 Å². The number of hydrogen-bond donors (Lipinski definition) is 2. The highest BCUT2D eigenvalue weighted by molar-refractivity contribution is 5.87. The molecule has 0 bridgehead atoms. The predicted octanol–water partition coefficient (Wildman–Crippen LogP) is 4.18. The van der Waals surface area contributed by atoms with Crippen LogP contribution in [0.3, 0.4) is 0 Å². The van der Waals surface area contributed by atoms with Crippen molar-refractivity contribution in [3.05, 3.63) is 84.8 Å². The largest absolute Gasteiger partial charge is 0.493 e. The van der Waals surface area contributed by atoms with Crippen LogP contribution in [-0.2, 0) is 11.2 Å². The van der Waals surface area contributed by atoms with Crippen molar-refractivity contribution in [2.24, 2.45) is 5.73 Å². The van der Waals surface area contributed by atoms with E-state index in [1.165, 1.54) is 24.5 Å². The van der Waals surface area contributed by atoms with Crippen LogP contribution in [0.15, 0.2) is 73.6 Å². The van der Waals surface area contributed by atoms with Gasteiger partial charge in [0.05, 0.1) is 23.6 Å². The van der Waals surface area contributed by atoms with Crippen LogP contribution < -0.4 is 16.2 Å². The second-order valence-corrected chi connectivity index (χ2v) is 11.4. The highest BCUT2D eigenvalue weighted by Crippen LogP contribution is 2.39. The quantitative estimate of drug-likeness (QED) is 0.291. The first kappa shape index (κ1) is 27.8. The Hall–Kier alpha value is -5.03. The first-order valence-corrected chi connectivity index (χ1v) is 15.1. The number of nitrogens with zero attached hydrogens (tertiary/aromatic N) is 7. The number of amides is 1. The zero-order valence-electron chi connectivity index (χ0n) is 24.5. The molecular weight excluding hydrogens is 554 g/mol. The first-order chi connectivity index (χ1) is 21.5. The van der Waals surface area contributed by atoms with E-state index in [0.717, 1.165) is 72.0 Å². The fourth-order valence-electron chi connectivity index (χ4n) is 5.71. The summed E-state index contributed by atoms with van der Waals surface area (Å²) in [6.07, 6.45) is 10.2. The standard InChI is InChI=1S/C25H21N7O.C8H14N2O/c26-23-18(2-1-11-27-23)24-28-20-7-8-22(31-12-9-19(30-31)15-3-4-15)29-25(20)32(24)17-6-5-16-10-13-33-21(16)14-17;1-2-8(11)10-5-3-7(9)4-6-10/h1-2,5-9,11-12,14-15H,3-4,10,13H2,(H2,26,27);2,7H,1,3-6,9H2. The highest BCUT2D eigenvalue weighted by atomic mass is 16.5. The molecule has 1 saturated heterocycles.